The first-order valence-electron chi connectivity index (χ1n) is 7.85. The highest BCUT2D eigenvalue weighted by molar-refractivity contribution is 5.92. The van der Waals surface area contributed by atoms with E-state index < -0.39 is 0 Å². The molecule has 0 aromatic heterocycles. The fourth-order valence-corrected chi connectivity index (χ4v) is 2.70. The van der Waals surface area contributed by atoms with E-state index in [-0.39, 0.29) is 11.7 Å². The van der Waals surface area contributed by atoms with E-state index in [1.165, 1.54) is 16.3 Å². The van der Waals surface area contributed by atoms with E-state index in [4.69, 9.17) is 0 Å². The van der Waals surface area contributed by atoms with Crippen LogP contribution in [0.5, 0.6) is 5.75 Å². The van der Waals surface area contributed by atoms with Crippen LogP contribution in [0.15, 0.2) is 66.7 Å². The average Bonchev–Trinajstić information content (AvgIpc) is 2.56. The number of aromatic hydroxyl groups is 1. The number of fused-ring (bicyclic) bond motifs is 1. The van der Waals surface area contributed by atoms with E-state index in [1.54, 1.807) is 24.3 Å². The minimum absolute atomic E-state index is 0.0796. The maximum atomic E-state index is 12.1. The largest absolute Gasteiger partial charge is 0.508 e. The Morgan fingerprint density at radius 1 is 1.00 bits per heavy atom. The summed E-state index contributed by atoms with van der Waals surface area (Å²) in [5.41, 5.74) is 1.85. The summed E-state index contributed by atoms with van der Waals surface area (Å²) in [6.45, 7) is 1.00. The fourth-order valence-electron chi connectivity index (χ4n) is 2.70. The topological polar surface area (TPSA) is 52.6 Å². The lowest BCUT2D eigenvalue weighted by Crippen LogP contribution is -2.29. The first-order valence-corrected chi connectivity index (χ1v) is 7.85. The number of carbonyl (C=O) groups excluding carboxylic acids is 1. The summed E-state index contributed by atoms with van der Waals surface area (Å²) in [5, 5.41) is 14.5. The third kappa shape index (κ3) is 4.12. The van der Waals surface area contributed by atoms with Crippen molar-refractivity contribution in [3.05, 3.63) is 72.3 Å². The molecule has 2 N–H and O–H groups in total. The number of phenols is 1. The second-order valence-corrected chi connectivity index (χ2v) is 5.95. The molecule has 122 valence electrons. The molecule has 0 radical (unpaired) electrons. The Kier molecular flexibility index (Phi) is 4.77. The van der Waals surface area contributed by atoms with Crippen LogP contribution in [-0.4, -0.2) is 29.5 Å². The summed E-state index contributed by atoms with van der Waals surface area (Å²) >= 11 is 0. The summed E-state index contributed by atoms with van der Waals surface area (Å²) in [6.07, 6.45) is 0. The molecule has 3 rings (SSSR count). The zero-order valence-corrected chi connectivity index (χ0v) is 13.6. The van der Waals surface area contributed by atoms with Gasteiger partial charge >= 0.3 is 0 Å². The minimum Gasteiger partial charge on any atom is -0.508 e. The predicted octanol–water partition coefficient (Wildman–Crippen LogP) is 3.62. The molecule has 1 amide bonds. The van der Waals surface area contributed by atoms with Crippen molar-refractivity contribution in [1.29, 1.82) is 0 Å². The number of hydrogen-bond acceptors (Lipinski definition) is 3. The Bertz CT molecular complexity index is 844. The van der Waals surface area contributed by atoms with Gasteiger partial charge in [-0.05, 0) is 53.7 Å². The van der Waals surface area contributed by atoms with Crippen LogP contribution in [0.2, 0.25) is 0 Å². The van der Waals surface area contributed by atoms with Gasteiger partial charge in [0.1, 0.15) is 5.75 Å². The molecule has 0 unspecified atom stereocenters. The molecule has 0 fully saturated rings. The number of nitrogens with zero attached hydrogens (tertiary/aromatic N) is 1. The van der Waals surface area contributed by atoms with E-state index in [9.17, 15) is 9.90 Å². The number of benzene rings is 3. The highest BCUT2D eigenvalue weighted by atomic mass is 16.3. The van der Waals surface area contributed by atoms with Crippen LogP contribution in [0.1, 0.15) is 5.56 Å². The normalized spacial score (nSPS) is 10.9. The van der Waals surface area contributed by atoms with Gasteiger partial charge in [-0.2, -0.15) is 0 Å². The first kappa shape index (κ1) is 16.0. The molecular formula is C20H20N2O2. The molecule has 3 aromatic rings. The highest BCUT2D eigenvalue weighted by Crippen LogP contribution is 2.17. The highest BCUT2D eigenvalue weighted by Gasteiger charge is 2.08. The zero-order chi connectivity index (χ0) is 16.9. The number of phenolic OH excluding ortho intramolecular Hbond substituents is 1. The van der Waals surface area contributed by atoms with Gasteiger partial charge in [-0.15, -0.1) is 0 Å². The van der Waals surface area contributed by atoms with Crippen LogP contribution in [0, 0.1) is 0 Å². The third-order valence-electron chi connectivity index (χ3n) is 3.83. The summed E-state index contributed by atoms with van der Waals surface area (Å²) < 4.78 is 0. The molecule has 0 aliphatic carbocycles. The van der Waals surface area contributed by atoms with Crippen LogP contribution >= 0.6 is 0 Å². The van der Waals surface area contributed by atoms with Gasteiger partial charge in [0.15, 0.2) is 0 Å². The molecule has 0 aliphatic heterocycles. The smallest absolute Gasteiger partial charge is 0.238 e. The van der Waals surface area contributed by atoms with Gasteiger partial charge in [0, 0.05) is 12.2 Å². The van der Waals surface area contributed by atoms with Crippen molar-refractivity contribution < 1.29 is 9.90 Å². The SMILES string of the molecule is CN(CC(=O)Nc1ccc(O)cc1)Cc1ccc2ccccc2c1. The Labute approximate surface area is 141 Å². The summed E-state index contributed by atoms with van der Waals surface area (Å²) in [6, 6.07) is 21.1. The van der Waals surface area contributed by atoms with E-state index in [0.717, 1.165) is 0 Å². The van der Waals surface area contributed by atoms with Gasteiger partial charge in [0.25, 0.3) is 0 Å². The Hall–Kier alpha value is -2.85. The van der Waals surface area contributed by atoms with Crippen LogP contribution in [-0.2, 0) is 11.3 Å². The monoisotopic (exact) mass is 320 g/mol. The van der Waals surface area contributed by atoms with E-state index in [1.807, 2.05) is 24.1 Å². The lowest BCUT2D eigenvalue weighted by atomic mass is 10.1. The number of nitrogens with one attached hydrogen (secondary N) is 1. The van der Waals surface area contributed by atoms with Crippen molar-refractivity contribution in [1.82, 2.24) is 4.90 Å². The van der Waals surface area contributed by atoms with Crippen molar-refractivity contribution >= 4 is 22.4 Å². The van der Waals surface area contributed by atoms with Crippen LogP contribution < -0.4 is 5.32 Å². The fraction of sp³-hybridized carbons (Fsp3) is 0.150. The van der Waals surface area contributed by atoms with Crippen molar-refractivity contribution in [3.8, 4) is 5.75 Å². The van der Waals surface area contributed by atoms with Crippen molar-refractivity contribution in [3.63, 3.8) is 0 Å². The van der Waals surface area contributed by atoms with Crippen molar-refractivity contribution in [2.75, 3.05) is 18.9 Å². The molecule has 0 saturated carbocycles. The zero-order valence-electron chi connectivity index (χ0n) is 13.6. The Morgan fingerprint density at radius 3 is 2.46 bits per heavy atom. The lowest BCUT2D eigenvalue weighted by molar-refractivity contribution is -0.117. The number of hydrogen-bond donors (Lipinski definition) is 2. The number of rotatable bonds is 5. The number of amides is 1. The van der Waals surface area contributed by atoms with Crippen molar-refractivity contribution in [2.24, 2.45) is 0 Å². The van der Waals surface area contributed by atoms with E-state index in [0.29, 0.717) is 18.8 Å². The molecule has 0 bridgehead atoms. The molecule has 24 heavy (non-hydrogen) atoms. The molecule has 0 atom stereocenters. The molecular weight excluding hydrogens is 300 g/mol. The Morgan fingerprint density at radius 2 is 1.71 bits per heavy atom. The number of carbonyl (C=O) groups is 1. The maximum Gasteiger partial charge on any atom is 0.238 e. The minimum atomic E-state index is -0.0796. The van der Waals surface area contributed by atoms with Gasteiger partial charge in [-0.3, -0.25) is 9.69 Å². The standard InChI is InChI=1S/C20H20N2O2/c1-22(14-20(24)21-18-8-10-19(23)11-9-18)13-15-6-7-16-4-2-3-5-17(16)12-15/h2-12,23H,13-14H2,1H3,(H,21,24). The predicted molar refractivity (Wildman–Crippen MR) is 97.0 cm³/mol. The first-order chi connectivity index (χ1) is 11.6. The Balaban J connectivity index is 1.58. The van der Waals surface area contributed by atoms with Gasteiger partial charge in [-0.1, -0.05) is 36.4 Å². The quantitative estimate of drug-likeness (QED) is 0.706. The number of likely N-dealkylation sites (N-methyl/N-ethyl adjacent to an activating group) is 1. The van der Waals surface area contributed by atoms with Gasteiger partial charge in [-0.25, -0.2) is 0 Å². The molecule has 0 spiro atoms. The van der Waals surface area contributed by atoms with Crippen LogP contribution in [0.25, 0.3) is 10.8 Å². The second-order valence-electron chi connectivity index (χ2n) is 5.95. The van der Waals surface area contributed by atoms with Gasteiger partial charge in [0.2, 0.25) is 5.91 Å². The molecule has 4 heteroatoms. The maximum absolute atomic E-state index is 12.1. The van der Waals surface area contributed by atoms with E-state index >= 15 is 0 Å². The second kappa shape index (κ2) is 7.15. The van der Waals surface area contributed by atoms with Crippen LogP contribution in [0.4, 0.5) is 5.69 Å². The lowest BCUT2D eigenvalue weighted by Gasteiger charge is -2.17. The summed E-state index contributed by atoms with van der Waals surface area (Å²) in [5.74, 6) is 0.102. The van der Waals surface area contributed by atoms with Crippen molar-refractivity contribution in [2.45, 2.75) is 6.54 Å². The molecule has 3 aromatic carbocycles. The summed E-state index contributed by atoms with van der Waals surface area (Å²) in [4.78, 5) is 14.1. The van der Waals surface area contributed by atoms with E-state index in [2.05, 4.69) is 35.6 Å². The molecule has 0 saturated heterocycles. The summed E-state index contributed by atoms with van der Waals surface area (Å²) in [7, 11) is 1.92. The molecule has 0 heterocycles. The number of anilines is 1. The van der Waals surface area contributed by atoms with Crippen LogP contribution in [0.3, 0.4) is 0 Å². The van der Waals surface area contributed by atoms with Gasteiger partial charge in [0.05, 0.1) is 6.54 Å². The molecule has 4 nitrogen and oxygen atoms in total. The third-order valence-corrected chi connectivity index (χ3v) is 3.83. The average molecular weight is 320 g/mol. The molecule has 0 aliphatic rings. The van der Waals surface area contributed by atoms with Gasteiger partial charge < -0.3 is 10.4 Å².